The molecule has 80 valence electrons. The van der Waals surface area contributed by atoms with E-state index in [-0.39, 0.29) is 0 Å². The minimum absolute atomic E-state index is 0.505. The number of fused-ring (bicyclic) bond motifs is 1. The lowest BCUT2D eigenvalue weighted by atomic mass is 10.3. The molecule has 1 aromatic rings. The van der Waals surface area contributed by atoms with Crippen molar-refractivity contribution in [1.29, 1.82) is 0 Å². The number of rotatable bonds is 3. The molecular formula is C8H11ClN6. The second kappa shape index (κ2) is 4.53. The van der Waals surface area contributed by atoms with Gasteiger partial charge in [0.2, 0.25) is 0 Å². The predicted octanol–water partition coefficient (Wildman–Crippen LogP) is 1.66. The molecule has 0 spiro atoms. The van der Waals surface area contributed by atoms with Crippen molar-refractivity contribution in [3.63, 3.8) is 0 Å². The van der Waals surface area contributed by atoms with Crippen LogP contribution >= 0.6 is 11.6 Å². The van der Waals surface area contributed by atoms with E-state index in [1.54, 1.807) is 6.20 Å². The molecule has 1 aliphatic heterocycles. The summed E-state index contributed by atoms with van der Waals surface area (Å²) in [4.78, 5) is 9.15. The van der Waals surface area contributed by atoms with Crippen LogP contribution in [-0.2, 0) is 13.1 Å². The Hall–Kier alpha value is -1.23. The summed E-state index contributed by atoms with van der Waals surface area (Å²) in [5, 5.41) is 4.21. The molecule has 0 saturated carbocycles. The standard InChI is InChI=1S/C8H11ClN6/c9-7-5-11-8-6-14(2-1-12-13-10)3-4-15(7)8/h5H,1-4,6H2. The SMILES string of the molecule is [N-]=[N+]=NCCN1CCn2c(Cl)cnc2C1. The first-order chi connectivity index (χ1) is 7.31. The Kier molecular flexibility index (Phi) is 3.11. The number of hydrogen-bond donors (Lipinski definition) is 0. The van der Waals surface area contributed by atoms with Gasteiger partial charge in [0, 0.05) is 31.1 Å². The van der Waals surface area contributed by atoms with Gasteiger partial charge in [-0.05, 0) is 5.53 Å². The highest BCUT2D eigenvalue weighted by molar-refractivity contribution is 6.29. The maximum absolute atomic E-state index is 8.16. The largest absolute Gasteiger partial charge is 0.317 e. The zero-order valence-electron chi connectivity index (χ0n) is 8.17. The highest BCUT2D eigenvalue weighted by Crippen LogP contribution is 2.17. The van der Waals surface area contributed by atoms with Gasteiger partial charge in [-0.3, -0.25) is 4.90 Å². The highest BCUT2D eigenvalue weighted by atomic mass is 35.5. The van der Waals surface area contributed by atoms with Crippen LogP contribution in [0.2, 0.25) is 5.15 Å². The van der Waals surface area contributed by atoms with Gasteiger partial charge in [-0.2, -0.15) is 0 Å². The lowest BCUT2D eigenvalue weighted by Gasteiger charge is -2.27. The van der Waals surface area contributed by atoms with Crippen molar-refractivity contribution in [2.75, 3.05) is 19.6 Å². The minimum Gasteiger partial charge on any atom is -0.317 e. The quantitative estimate of drug-likeness (QED) is 0.447. The van der Waals surface area contributed by atoms with Crippen LogP contribution in [-0.4, -0.2) is 34.1 Å². The molecule has 15 heavy (non-hydrogen) atoms. The van der Waals surface area contributed by atoms with Gasteiger partial charge in [-0.25, -0.2) is 4.98 Å². The number of aromatic nitrogens is 2. The third kappa shape index (κ3) is 2.23. The van der Waals surface area contributed by atoms with Crippen LogP contribution in [0.5, 0.6) is 0 Å². The summed E-state index contributed by atoms with van der Waals surface area (Å²) in [5.41, 5.74) is 8.16. The van der Waals surface area contributed by atoms with Crippen molar-refractivity contribution < 1.29 is 0 Å². The fourth-order valence-electron chi connectivity index (χ4n) is 1.69. The Bertz CT molecular complexity index is 394. The molecule has 6 nitrogen and oxygen atoms in total. The summed E-state index contributed by atoms with van der Waals surface area (Å²) in [6.45, 7) is 3.82. The van der Waals surface area contributed by atoms with Crippen LogP contribution in [0.15, 0.2) is 11.3 Å². The average molecular weight is 227 g/mol. The third-order valence-corrected chi connectivity index (χ3v) is 2.78. The summed E-state index contributed by atoms with van der Waals surface area (Å²) in [5.74, 6) is 0.979. The molecule has 0 aromatic carbocycles. The summed E-state index contributed by atoms with van der Waals surface area (Å²) < 4.78 is 2.01. The van der Waals surface area contributed by atoms with E-state index in [0.717, 1.165) is 32.0 Å². The van der Waals surface area contributed by atoms with Crippen LogP contribution in [0, 0.1) is 0 Å². The first kappa shape index (κ1) is 10.3. The number of imidazole rings is 1. The summed E-state index contributed by atoms with van der Waals surface area (Å²) in [7, 11) is 0. The lowest BCUT2D eigenvalue weighted by molar-refractivity contribution is 0.223. The summed E-state index contributed by atoms with van der Waals surface area (Å²) >= 11 is 5.95. The topological polar surface area (TPSA) is 69.8 Å². The number of hydrogen-bond acceptors (Lipinski definition) is 3. The Morgan fingerprint density at radius 3 is 3.27 bits per heavy atom. The number of nitrogens with zero attached hydrogens (tertiary/aromatic N) is 6. The second-order valence-corrected chi connectivity index (χ2v) is 3.77. The number of azide groups is 1. The predicted molar refractivity (Wildman–Crippen MR) is 56.5 cm³/mol. The Morgan fingerprint density at radius 1 is 1.60 bits per heavy atom. The second-order valence-electron chi connectivity index (χ2n) is 3.38. The van der Waals surface area contributed by atoms with Crippen molar-refractivity contribution in [2.24, 2.45) is 5.11 Å². The van der Waals surface area contributed by atoms with Crippen LogP contribution < -0.4 is 0 Å². The Balaban J connectivity index is 1.97. The van der Waals surface area contributed by atoms with E-state index >= 15 is 0 Å². The summed E-state index contributed by atoms with van der Waals surface area (Å²) in [6, 6.07) is 0. The van der Waals surface area contributed by atoms with E-state index in [1.807, 2.05) is 4.57 Å². The van der Waals surface area contributed by atoms with Gasteiger partial charge >= 0.3 is 0 Å². The van der Waals surface area contributed by atoms with E-state index in [4.69, 9.17) is 17.1 Å². The van der Waals surface area contributed by atoms with Gasteiger partial charge in [0.15, 0.2) is 0 Å². The monoisotopic (exact) mass is 226 g/mol. The average Bonchev–Trinajstić information content (AvgIpc) is 2.61. The smallest absolute Gasteiger partial charge is 0.128 e. The van der Waals surface area contributed by atoms with E-state index in [9.17, 15) is 0 Å². The Morgan fingerprint density at radius 2 is 2.47 bits per heavy atom. The molecule has 0 aliphatic carbocycles. The Labute approximate surface area is 92.1 Å². The minimum atomic E-state index is 0.505. The molecule has 0 N–H and O–H groups in total. The van der Waals surface area contributed by atoms with Gasteiger partial charge < -0.3 is 4.57 Å². The third-order valence-electron chi connectivity index (χ3n) is 2.47. The molecule has 2 heterocycles. The fraction of sp³-hybridized carbons (Fsp3) is 0.625. The van der Waals surface area contributed by atoms with Crippen LogP contribution in [0.1, 0.15) is 5.82 Å². The van der Waals surface area contributed by atoms with Gasteiger partial charge in [0.1, 0.15) is 11.0 Å². The lowest BCUT2D eigenvalue weighted by Crippen LogP contribution is -2.35. The van der Waals surface area contributed by atoms with Crippen molar-refractivity contribution >= 4 is 11.6 Å². The summed E-state index contributed by atoms with van der Waals surface area (Å²) in [6.07, 6.45) is 1.67. The molecule has 0 atom stereocenters. The van der Waals surface area contributed by atoms with Crippen molar-refractivity contribution in [3.05, 3.63) is 27.6 Å². The van der Waals surface area contributed by atoms with Crippen molar-refractivity contribution in [2.45, 2.75) is 13.1 Å². The molecule has 0 unspecified atom stereocenters. The van der Waals surface area contributed by atoms with E-state index in [1.165, 1.54) is 0 Å². The molecule has 0 saturated heterocycles. The normalized spacial score (nSPS) is 15.8. The first-order valence-corrected chi connectivity index (χ1v) is 5.12. The van der Waals surface area contributed by atoms with Crippen molar-refractivity contribution in [1.82, 2.24) is 14.5 Å². The molecule has 0 amide bonds. The van der Waals surface area contributed by atoms with Crippen LogP contribution in [0.4, 0.5) is 0 Å². The van der Waals surface area contributed by atoms with Gasteiger partial charge in [0.25, 0.3) is 0 Å². The van der Waals surface area contributed by atoms with E-state index < -0.39 is 0 Å². The zero-order valence-corrected chi connectivity index (χ0v) is 8.93. The van der Waals surface area contributed by atoms with Crippen LogP contribution in [0.3, 0.4) is 0 Å². The zero-order chi connectivity index (χ0) is 10.7. The maximum Gasteiger partial charge on any atom is 0.128 e. The van der Waals surface area contributed by atoms with Gasteiger partial charge in [-0.15, -0.1) is 0 Å². The van der Waals surface area contributed by atoms with Gasteiger partial charge in [0.05, 0.1) is 12.7 Å². The van der Waals surface area contributed by atoms with E-state index in [0.29, 0.717) is 11.7 Å². The molecule has 0 radical (unpaired) electrons. The number of halogens is 1. The highest BCUT2D eigenvalue weighted by Gasteiger charge is 2.18. The molecule has 0 bridgehead atoms. The molecule has 1 aromatic heterocycles. The van der Waals surface area contributed by atoms with Crippen molar-refractivity contribution in [3.8, 4) is 0 Å². The molecular weight excluding hydrogens is 216 g/mol. The molecule has 0 fully saturated rings. The molecule has 7 heteroatoms. The first-order valence-electron chi connectivity index (χ1n) is 4.74. The van der Waals surface area contributed by atoms with Crippen LogP contribution in [0.25, 0.3) is 10.4 Å². The van der Waals surface area contributed by atoms with E-state index in [2.05, 4.69) is 19.9 Å². The van der Waals surface area contributed by atoms with Gasteiger partial charge in [-0.1, -0.05) is 16.7 Å². The molecule has 2 rings (SSSR count). The molecule has 1 aliphatic rings. The fourth-order valence-corrected chi connectivity index (χ4v) is 1.93. The maximum atomic E-state index is 8.16.